The van der Waals surface area contributed by atoms with Gasteiger partial charge in [0.15, 0.2) is 5.78 Å². The number of nitrogens with two attached hydrogens (primary N) is 1. The summed E-state index contributed by atoms with van der Waals surface area (Å²) in [4.78, 5) is 14.7. The van der Waals surface area contributed by atoms with Crippen LogP contribution in [0, 0.1) is 0 Å². The topological polar surface area (TPSA) is 46.3 Å². The maximum Gasteiger partial charge on any atom is 0.194 e. The van der Waals surface area contributed by atoms with Gasteiger partial charge in [-0.15, -0.1) is 0 Å². The van der Waals surface area contributed by atoms with Gasteiger partial charge in [-0.3, -0.25) is 4.79 Å². The second-order valence-corrected chi connectivity index (χ2v) is 5.04. The number of hydrogen-bond acceptors (Lipinski definition) is 3. The van der Waals surface area contributed by atoms with Crippen molar-refractivity contribution in [2.45, 2.75) is 13.8 Å². The zero-order valence-corrected chi connectivity index (χ0v) is 11.8. The summed E-state index contributed by atoms with van der Waals surface area (Å²) in [5.41, 5.74) is 11.1. The molecule has 0 aromatic heterocycles. The van der Waals surface area contributed by atoms with Gasteiger partial charge in [0.2, 0.25) is 0 Å². The van der Waals surface area contributed by atoms with Gasteiger partial charge in [-0.05, 0) is 55.3 Å². The van der Waals surface area contributed by atoms with Crippen LogP contribution < -0.4 is 10.6 Å². The molecule has 1 aliphatic rings. The van der Waals surface area contributed by atoms with Gasteiger partial charge in [-0.2, -0.15) is 0 Å². The summed E-state index contributed by atoms with van der Waals surface area (Å²) in [6, 6.07) is 11.6. The molecule has 0 fully saturated rings. The number of fused-ring (bicyclic) bond motifs is 3. The third kappa shape index (κ3) is 1.78. The van der Waals surface area contributed by atoms with E-state index in [1.54, 1.807) is 6.07 Å². The Morgan fingerprint density at radius 1 is 0.900 bits per heavy atom. The van der Waals surface area contributed by atoms with E-state index in [1.807, 2.05) is 24.3 Å². The van der Waals surface area contributed by atoms with E-state index in [-0.39, 0.29) is 5.78 Å². The van der Waals surface area contributed by atoms with Crippen LogP contribution >= 0.6 is 0 Å². The number of nitrogen functional groups attached to an aromatic ring is 1. The van der Waals surface area contributed by atoms with Crippen molar-refractivity contribution in [3.8, 4) is 11.1 Å². The highest BCUT2D eigenvalue weighted by atomic mass is 16.1. The highest BCUT2D eigenvalue weighted by Crippen LogP contribution is 2.39. The van der Waals surface area contributed by atoms with Crippen LogP contribution in [-0.4, -0.2) is 18.9 Å². The van der Waals surface area contributed by atoms with Crippen LogP contribution in [0.15, 0.2) is 36.4 Å². The fourth-order valence-electron chi connectivity index (χ4n) is 2.87. The van der Waals surface area contributed by atoms with E-state index in [4.69, 9.17) is 5.73 Å². The monoisotopic (exact) mass is 266 g/mol. The molecule has 0 spiro atoms. The SMILES string of the molecule is CCN(CC)c1ccc2c(c1)-c1ccc(N)cc1C2=O. The van der Waals surface area contributed by atoms with Crippen LogP contribution in [0.5, 0.6) is 0 Å². The van der Waals surface area contributed by atoms with Crippen LogP contribution in [0.25, 0.3) is 11.1 Å². The lowest BCUT2D eigenvalue weighted by Gasteiger charge is -2.21. The lowest BCUT2D eigenvalue weighted by molar-refractivity contribution is 0.104. The summed E-state index contributed by atoms with van der Waals surface area (Å²) < 4.78 is 0. The molecule has 2 aromatic rings. The van der Waals surface area contributed by atoms with Gasteiger partial charge in [0, 0.05) is 35.6 Å². The minimum atomic E-state index is 0.0772. The van der Waals surface area contributed by atoms with Crippen molar-refractivity contribution in [1.82, 2.24) is 0 Å². The molecule has 0 atom stereocenters. The zero-order chi connectivity index (χ0) is 14.3. The van der Waals surface area contributed by atoms with Gasteiger partial charge in [0.1, 0.15) is 0 Å². The molecule has 0 amide bonds. The maximum absolute atomic E-state index is 12.4. The van der Waals surface area contributed by atoms with Gasteiger partial charge in [-0.25, -0.2) is 0 Å². The van der Waals surface area contributed by atoms with E-state index in [1.165, 1.54) is 0 Å². The summed E-state index contributed by atoms with van der Waals surface area (Å²) in [5, 5.41) is 0. The zero-order valence-electron chi connectivity index (χ0n) is 11.8. The molecule has 0 bridgehead atoms. The van der Waals surface area contributed by atoms with Crippen molar-refractivity contribution in [2.24, 2.45) is 0 Å². The first-order valence-electron chi connectivity index (χ1n) is 6.99. The molecular formula is C17H18N2O. The number of ketones is 1. The predicted molar refractivity (Wildman–Crippen MR) is 83.3 cm³/mol. The third-order valence-corrected chi connectivity index (χ3v) is 3.95. The lowest BCUT2D eigenvalue weighted by Crippen LogP contribution is -2.21. The van der Waals surface area contributed by atoms with E-state index in [0.29, 0.717) is 5.69 Å². The fourth-order valence-corrected chi connectivity index (χ4v) is 2.87. The Balaban J connectivity index is 2.16. The molecule has 0 unspecified atom stereocenters. The normalized spacial score (nSPS) is 12.2. The smallest absolute Gasteiger partial charge is 0.194 e. The van der Waals surface area contributed by atoms with Crippen LogP contribution in [0.2, 0.25) is 0 Å². The third-order valence-electron chi connectivity index (χ3n) is 3.95. The van der Waals surface area contributed by atoms with Crippen molar-refractivity contribution in [3.63, 3.8) is 0 Å². The van der Waals surface area contributed by atoms with Crippen LogP contribution in [0.1, 0.15) is 29.8 Å². The number of carbonyl (C=O) groups is 1. The first kappa shape index (κ1) is 12.7. The van der Waals surface area contributed by atoms with Crippen LogP contribution in [0.3, 0.4) is 0 Å². The molecule has 1 aliphatic carbocycles. The predicted octanol–water partition coefficient (Wildman–Crippen LogP) is 3.33. The minimum Gasteiger partial charge on any atom is -0.399 e. The minimum absolute atomic E-state index is 0.0772. The highest BCUT2D eigenvalue weighted by Gasteiger charge is 2.27. The summed E-state index contributed by atoms with van der Waals surface area (Å²) in [6.07, 6.45) is 0. The second kappa shape index (κ2) is 4.67. The summed E-state index contributed by atoms with van der Waals surface area (Å²) >= 11 is 0. The molecular weight excluding hydrogens is 248 g/mol. The number of carbonyl (C=O) groups excluding carboxylic acids is 1. The average molecular weight is 266 g/mol. The fraction of sp³-hybridized carbons (Fsp3) is 0.235. The highest BCUT2D eigenvalue weighted by molar-refractivity contribution is 6.22. The first-order chi connectivity index (χ1) is 9.65. The van der Waals surface area contributed by atoms with Crippen molar-refractivity contribution >= 4 is 17.2 Å². The number of nitrogens with zero attached hydrogens (tertiary/aromatic N) is 1. The molecule has 20 heavy (non-hydrogen) atoms. The number of rotatable bonds is 3. The second-order valence-electron chi connectivity index (χ2n) is 5.04. The molecule has 0 radical (unpaired) electrons. The standard InChI is InChI=1S/C17H18N2O/c1-3-19(4-2)12-6-8-14-15(10-12)13-7-5-11(18)9-16(13)17(14)20/h5-10H,3-4,18H2,1-2H3. The van der Waals surface area contributed by atoms with Crippen LogP contribution in [-0.2, 0) is 0 Å². The molecule has 3 heteroatoms. The molecule has 0 heterocycles. The number of benzene rings is 2. The largest absolute Gasteiger partial charge is 0.399 e. The van der Waals surface area contributed by atoms with Gasteiger partial charge < -0.3 is 10.6 Å². The van der Waals surface area contributed by atoms with Gasteiger partial charge >= 0.3 is 0 Å². The first-order valence-corrected chi connectivity index (χ1v) is 6.99. The van der Waals surface area contributed by atoms with E-state index in [2.05, 4.69) is 24.8 Å². The molecule has 102 valence electrons. The quantitative estimate of drug-likeness (QED) is 0.740. The maximum atomic E-state index is 12.4. The van der Waals surface area contributed by atoms with Gasteiger partial charge in [0.05, 0.1) is 0 Å². The van der Waals surface area contributed by atoms with Crippen molar-refractivity contribution in [2.75, 3.05) is 23.7 Å². The number of hydrogen-bond donors (Lipinski definition) is 1. The van der Waals surface area contributed by atoms with Gasteiger partial charge in [-0.1, -0.05) is 6.07 Å². The van der Waals surface area contributed by atoms with E-state index >= 15 is 0 Å². The Morgan fingerprint density at radius 3 is 2.30 bits per heavy atom. The van der Waals surface area contributed by atoms with E-state index in [0.717, 1.165) is 41.0 Å². The van der Waals surface area contributed by atoms with Crippen molar-refractivity contribution in [3.05, 3.63) is 47.5 Å². The Bertz CT molecular complexity index is 687. The average Bonchev–Trinajstić information content (AvgIpc) is 2.73. The Kier molecular flexibility index (Phi) is 2.97. The van der Waals surface area contributed by atoms with E-state index < -0.39 is 0 Å². The lowest BCUT2D eigenvalue weighted by atomic mass is 10.0. The molecule has 3 rings (SSSR count). The molecule has 3 nitrogen and oxygen atoms in total. The molecule has 2 aromatic carbocycles. The molecule has 0 saturated carbocycles. The molecule has 0 aliphatic heterocycles. The van der Waals surface area contributed by atoms with Crippen molar-refractivity contribution in [1.29, 1.82) is 0 Å². The summed E-state index contributed by atoms with van der Waals surface area (Å²) in [5.74, 6) is 0.0772. The number of anilines is 2. The van der Waals surface area contributed by atoms with Crippen LogP contribution in [0.4, 0.5) is 11.4 Å². The summed E-state index contributed by atoms with van der Waals surface area (Å²) in [6.45, 7) is 6.18. The molecule has 0 saturated heterocycles. The van der Waals surface area contributed by atoms with E-state index in [9.17, 15) is 4.79 Å². The Labute approximate surface area is 119 Å². The molecule has 2 N–H and O–H groups in total. The Hall–Kier alpha value is -2.29. The van der Waals surface area contributed by atoms with Gasteiger partial charge in [0.25, 0.3) is 0 Å². The van der Waals surface area contributed by atoms with Crippen molar-refractivity contribution < 1.29 is 4.79 Å². The Morgan fingerprint density at radius 2 is 1.60 bits per heavy atom. The summed E-state index contributed by atoms with van der Waals surface area (Å²) in [7, 11) is 0.